The van der Waals surface area contributed by atoms with Gasteiger partial charge in [-0.05, 0) is 40.8 Å². The molecule has 0 bridgehead atoms. The van der Waals surface area contributed by atoms with Crippen LogP contribution in [-0.4, -0.2) is 52.2 Å². The molecule has 39 heavy (non-hydrogen) atoms. The second-order valence-electron chi connectivity index (χ2n) is 7.25. The number of carboxylic acids is 3. The number of benzene rings is 4. The van der Waals surface area contributed by atoms with Crippen molar-refractivity contribution in [1.29, 1.82) is 0 Å². The summed E-state index contributed by atoms with van der Waals surface area (Å²) in [6.07, 6.45) is 0. The Morgan fingerprint density at radius 1 is 0.564 bits per heavy atom. The molecule has 0 spiro atoms. The number of nitrogens with zero attached hydrogens (tertiary/aromatic N) is 1. The minimum atomic E-state index is -1.13. The van der Waals surface area contributed by atoms with Crippen LogP contribution in [0.15, 0.2) is 120 Å². The van der Waals surface area contributed by atoms with Crippen molar-refractivity contribution in [2.45, 2.75) is 0 Å². The topological polar surface area (TPSA) is 170 Å². The van der Waals surface area contributed by atoms with E-state index in [0.29, 0.717) is 16.7 Å². The van der Waals surface area contributed by atoms with Crippen molar-refractivity contribution >= 4 is 47.1 Å². The number of fused-ring (bicyclic) bond motifs is 1. The van der Waals surface area contributed by atoms with Crippen LogP contribution in [0.1, 0.15) is 47.0 Å². The van der Waals surface area contributed by atoms with Crippen LogP contribution in [0, 0.1) is 0 Å². The molecule has 1 aliphatic rings. The molecule has 0 unspecified atom stereocenters. The molecular weight excluding hydrogens is 517 g/mol. The summed E-state index contributed by atoms with van der Waals surface area (Å²) in [4.78, 5) is 44.5. The first-order valence-electron chi connectivity index (χ1n) is 10.9. The van der Waals surface area contributed by atoms with Gasteiger partial charge in [-0.15, -0.1) is 0 Å². The molecule has 4 aromatic carbocycles. The van der Waals surface area contributed by atoms with E-state index in [2.05, 4.69) is 4.99 Å². The summed E-state index contributed by atoms with van der Waals surface area (Å²) in [6.45, 7) is 0. The zero-order chi connectivity index (χ0) is 27.9. The number of hydrogen-bond donors (Lipinski definition) is 1. The quantitative estimate of drug-likeness (QED) is 0.378. The fraction of sp³-hybridized carbons (Fsp3) is 0. The second kappa shape index (κ2) is 16.7. The maximum absolute atomic E-state index is 10.9. The Kier molecular flexibility index (Phi) is 13.7. The molecule has 0 saturated carbocycles. The van der Waals surface area contributed by atoms with E-state index in [-0.39, 0.29) is 28.5 Å². The van der Waals surface area contributed by atoms with Gasteiger partial charge < -0.3 is 30.0 Å². The summed E-state index contributed by atoms with van der Waals surface area (Å²) < 4.78 is 0. The zero-order valence-corrected chi connectivity index (χ0v) is 21.5. The van der Waals surface area contributed by atoms with Crippen molar-refractivity contribution in [3.05, 3.63) is 143 Å². The SMILES string of the molecule is O=C(O)c1ccccc1.O=C([O-])c1ccccc1.O=C([O-])c1ccccc1.O=C1N=C([O-])c2ccccc21.[Al+3]. The third kappa shape index (κ3) is 10.9. The van der Waals surface area contributed by atoms with Crippen LogP contribution in [0.5, 0.6) is 0 Å². The third-order valence-electron chi connectivity index (χ3n) is 4.63. The van der Waals surface area contributed by atoms with E-state index in [0.717, 1.165) is 0 Å². The van der Waals surface area contributed by atoms with E-state index in [4.69, 9.17) is 5.11 Å². The smallest absolute Gasteiger partial charge is 0.858 e. The number of aliphatic imine (C=N–C) groups is 1. The number of carbonyl (C=O) groups is 4. The fourth-order valence-electron chi connectivity index (χ4n) is 2.80. The van der Waals surface area contributed by atoms with E-state index in [9.17, 15) is 34.5 Å². The molecule has 9 nitrogen and oxygen atoms in total. The van der Waals surface area contributed by atoms with Gasteiger partial charge in [-0.3, -0.25) is 4.79 Å². The number of carbonyl (C=O) groups excluding carboxylic acids is 3. The van der Waals surface area contributed by atoms with Gasteiger partial charge in [0.15, 0.2) is 0 Å². The van der Waals surface area contributed by atoms with Gasteiger partial charge >= 0.3 is 23.3 Å². The standard InChI is InChI=1S/C8H5NO2.3C7H6O2.Al/c10-7-5-3-1-2-4-6(5)8(11)9-7;3*8-7(9)6-4-2-1-3-5-6;/h1-4H,(H,9,10,11);3*1-5H,(H,8,9);/q;;;;+3/p-3. The monoisotopic (exact) mass is 537 g/mol. The van der Waals surface area contributed by atoms with Crippen molar-refractivity contribution < 1.29 is 39.6 Å². The van der Waals surface area contributed by atoms with E-state index in [1.165, 1.54) is 24.3 Å². The molecule has 10 heteroatoms. The Morgan fingerprint density at radius 3 is 1.18 bits per heavy atom. The summed E-state index contributed by atoms with van der Waals surface area (Å²) in [5, 5.41) is 39.5. The minimum absolute atomic E-state index is 0. The summed E-state index contributed by atoms with van der Waals surface area (Å²) in [6, 6.07) is 31.1. The van der Waals surface area contributed by atoms with Crippen LogP contribution in [0.4, 0.5) is 0 Å². The molecule has 0 fully saturated rings. The van der Waals surface area contributed by atoms with Crippen LogP contribution >= 0.6 is 0 Å². The largest absolute Gasteiger partial charge is 3.00 e. The predicted octanol–water partition coefficient (Wildman–Crippen LogP) is 1.05. The molecule has 0 aliphatic carbocycles. The van der Waals surface area contributed by atoms with E-state index >= 15 is 0 Å². The van der Waals surface area contributed by atoms with Crippen LogP contribution in [0.3, 0.4) is 0 Å². The Balaban J connectivity index is 0.000000259. The van der Waals surface area contributed by atoms with Crippen molar-refractivity contribution in [3.8, 4) is 0 Å². The molecule has 5 rings (SSSR count). The maximum Gasteiger partial charge on any atom is 3.00 e. The van der Waals surface area contributed by atoms with E-state index in [1.54, 1.807) is 91.0 Å². The van der Waals surface area contributed by atoms with Gasteiger partial charge in [-0.25, -0.2) is 9.79 Å². The number of carboxylic acid groups (broad SMARTS) is 3. The average Bonchev–Trinajstić information content (AvgIpc) is 3.24. The minimum Gasteiger partial charge on any atom is -0.858 e. The molecule has 1 heterocycles. The van der Waals surface area contributed by atoms with Gasteiger partial charge in [0.25, 0.3) is 5.91 Å². The van der Waals surface area contributed by atoms with Crippen LogP contribution < -0.4 is 15.3 Å². The van der Waals surface area contributed by atoms with Crippen molar-refractivity contribution in [2.75, 3.05) is 0 Å². The van der Waals surface area contributed by atoms with Crippen LogP contribution in [0.2, 0.25) is 0 Å². The molecule has 0 saturated heterocycles. The first-order chi connectivity index (χ1) is 18.2. The van der Waals surface area contributed by atoms with Gasteiger partial charge in [0.2, 0.25) is 0 Å². The Labute approximate surface area is 234 Å². The van der Waals surface area contributed by atoms with Gasteiger partial charge in [0.1, 0.15) is 0 Å². The number of amides is 1. The Morgan fingerprint density at radius 2 is 0.897 bits per heavy atom. The molecule has 1 N–H and O–H groups in total. The number of aromatic carboxylic acids is 3. The van der Waals surface area contributed by atoms with Gasteiger partial charge in [-0.2, -0.15) is 0 Å². The van der Waals surface area contributed by atoms with Gasteiger partial charge in [0.05, 0.1) is 17.5 Å². The summed E-state index contributed by atoms with van der Waals surface area (Å²) in [5.74, 6) is -3.99. The van der Waals surface area contributed by atoms with E-state index < -0.39 is 29.7 Å². The summed E-state index contributed by atoms with van der Waals surface area (Å²) in [7, 11) is 0. The van der Waals surface area contributed by atoms with Crippen molar-refractivity contribution in [1.82, 2.24) is 0 Å². The molecular formula is C29H20AlNO8. The van der Waals surface area contributed by atoms with Crippen LogP contribution in [-0.2, 0) is 0 Å². The molecule has 1 aliphatic heterocycles. The first kappa shape index (κ1) is 32.0. The van der Waals surface area contributed by atoms with Gasteiger partial charge in [0, 0.05) is 5.56 Å². The molecule has 0 radical (unpaired) electrons. The van der Waals surface area contributed by atoms with Crippen LogP contribution in [0.25, 0.3) is 0 Å². The first-order valence-corrected chi connectivity index (χ1v) is 10.9. The third-order valence-corrected chi connectivity index (χ3v) is 4.63. The molecule has 0 atom stereocenters. The normalized spacial score (nSPS) is 10.3. The number of hydrogen-bond acceptors (Lipinski definition) is 7. The van der Waals surface area contributed by atoms with Gasteiger partial charge in [-0.1, -0.05) is 97.1 Å². The summed E-state index contributed by atoms with van der Waals surface area (Å²) in [5.41, 5.74) is 1.60. The summed E-state index contributed by atoms with van der Waals surface area (Å²) >= 11 is 0. The molecule has 4 aromatic rings. The van der Waals surface area contributed by atoms with Crippen molar-refractivity contribution in [3.63, 3.8) is 0 Å². The Hall–Kier alpha value is -5.04. The Bertz CT molecular complexity index is 1290. The molecule has 0 aromatic heterocycles. The fourth-order valence-corrected chi connectivity index (χ4v) is 2.80. The molecule has 1 amide bonds. The molecule has 192 valence electrons. The predicted molar refractivity (Wildman–Crippen MR) is 138 cm³/mol. The van der Waals surface area contributed by atoms with Crippen molar-refractivity contribution in [2.24, 2.45) is 4.99 Å². The maximum atomic E-state index is 10.9. The average molecular weight is 537 g/mol. The second-order valence-corrected chi connectivity index (χ2v) is 7.25. The zero-order valence-electron chi connectivity index (χ0n) is 20.3. The number of rotatable bonds is 3. The van der Waals surface area contributed by atoms with E-state index in [1.807, 2.05) is 0 Å².